The fraction of sp³-hybridized carbons (Fsp3) is 0.583. The second kappa shape index (κ2) is 7.66. The Labute approximate surface area is 137 Å². The molecule has 1 aromatic heterocycles. The number of halogens is 3. The van der Waals surface area contributed by atoms with E-state index in [1.165, 1.54) is 0 Å². The fourth-order valence-electron chi connectivity index (χ4n) is 2.21. The van der Waals surface area contributed by atoms with Gasteiger partial charge in [0.05, 0.1) is 21.6 Å². The first-order chi connectivity index (χ1) is 9.04. The van der Waals surface area contributed by atoms with Crippen molar-refractivity contribution >= 4 is 45.8 Å². The molecule has 0 spiro atoms. The molecule has 1 saturated heterocycles. The Kier molecular flexibility index (Phi) is 6.81. The molecule has 2 atom stereocenters. The normalized spacial score (nSPS) is 22.2. The van der Waals surface area contributed by atoms with Crippen LogP contribution in [0.2, 0.25) is 5.02 Å². The van der Waals surface area contributed by atoms with E-state index < -0.39 is 0 Å². The van der Waals surface area contributed by atoms with E-state index >= 15 is 0 Å². The highest BCUT2D eigenvalue weighted by Crippen LogP contribution is 2.29. The van der Waals surface area contributed by atoms with Gasteiger partial charge in [-0.2, -0.15) is 0 Å². The van der Waals surface area contributed by atoms with E-state index in [0.717, 1.165) is 25.2 Å². The summed E-state index contributed by atoms with van der Waals surface area (Å²) in [6, 6.07) is 0.00744. The number of nitrogens with one attached hydrogen (secondary N) is 3. The second-order valence-corrected chi connectivity index (χ2v) is 5.77. The number of ether oxygens (including phenoxy) is 1. The van der Waals surface area contributed by atoms with Crippen molar-refractivity contribution in [1.29, 1.82) is 0 Å². The first-order valence-electron chi connectivity index (χ1n) is 6.12. The number of hydrogen-bond donors (Lipinski definition) is 3. The average molecular weight is 387 g/mol. The Balaban J connectivity index is 0.00000200. The Morgan fingerprint density at radius 2 is 2.25 bits per heavy atom. The smallest absolute Gasteiger partial charge is 0.269 e. The Morgan fingerprint density at radius 1 is 1.55 bits per heavy atom. The van der Waals surface area contributed by atoms with Crippen molar-refractivity contribution in [3.63, 3.8) is 0 Å². The summed E-state index contributed by atoms with van der Waals surface area (Å²) in [6.45, 7) is 3.44. The van der Waals surface area contributed by atoms with Gasteiger partial charge in [-0.05, 0) is 35.8 Å². The number of carbonyl (C=O) groups is 1. The fourth-order valence-corrected chi connectivity index (χ4v) is 2.93. The summed E-state index contributed by atoms with van der Waals surface area (Å²) in [5.41, 5.74) is 1.23. The number of H-pyrrole nitrogens is 1. The molecular formula is C12H18BrCl2N3O2. The van der Waals surface area contributed by atoms with Crippen LogP contribution in [0.25, 0.3) is 0 Å². The molecule has 1 fully saturated rings. The van der Waals surface area contributed by atoms with Crippen molar-refractivity contribution in [1.82, 2.24) is 15.6 Å². The number of methoxy groups -OCH3 is 1. The number of hydrogen-bond acceptors (Lipinski definition) is 3. The van der Waals surface area contributed by atoms with Crippen LogP contribution in [-0.2, 0) is 4.74 Å². The third kappa shape index (κ3) is 3.68. The van der Waals surface area contributed by atoms with Crippen molar-refractivity contribution in [3.05, 3.63) is 20.9 Å². The highest BCUT2D eigenvalue weighted by Gasteiger charge is 2.28. The minimum Gasteiger partial charge on any atom is -0.378 e. The molecule has 2 heterocycles. The van der Waals surface area contributed by atoms with Crippen LogP contribution in [0.4, 0.5) is 0 Å². The summed E-state index contributed by atoms with van der Waals surface area (Å²) in [6.07, 6.45) is 0.831. The molecule has 114 valence electrons. The molecule has 0 aliphatic carbocycles. The number of carbonyl (C=O) groups excluding carboxylic acids is 1. The second-order valence-electron chi connectivity index (χ2n) is 4.60. The van der Waals surface area contributed by atoms with Gasteiger partial charge in [0.15, 0.2) is 0 Å². The summed E-state index contributed by atoms with van der Waals surface area (Å²) < 4.78 is 5.98. The summed E-state index contributed by atoms with van der Waals surface area (Å²) in [5, 5.41) is 6.77. The number of amides is 1. The molecule has 0 saturated carbocycles. The Bertz CT molecular complexity index is 482. The van der Waals surface area contributed by atoms with Crippen molar-refractivity contribution in [3.8, 4) is 0 Å². The molecule has 5 nitrogen and oxygen atoms in total. The van der Waals surface area contributed by atoms with Crippen molar-refractivity contribution in [2.45, 2.75) is 25.5 Å². The lowest BCUT2D eigenvalue weighted by molar-refractivity contribution is 0.0475. The van der Waals surface area contributed by atoms with Crippen LogP contribution in [0.5, 0.6) is 0 Å². The van der Waals surface area contributed by atoms with E-state index in [-0.39, 0.29) is 30.5 Å². The standard InChI is InChI=1S/C12H17BrClN3O2.ClH/c1-6-10(14)9(13)11(16-6)12(18)17-7-3-4-15-5-8(7)19-2;/h7-8,15-16H,3-5H2,1-2H3,(H,17,18);1H/t7-,8-;/m1./s1. The van der Waals surface area contributed by atoms with Crippen LogP contribution in [0.15, 0.2) is 4.47 Å². The zero-order chi connectivity index (χ0) is 14.0. The molecule has 1 aromatic rings. The topological polar surface area (TPSA) is 66.2 Å². The summed E-state index contributed by atoms with van der Waals surface area (Å²) in [7, 11) is 1.66. The summed E-state index contributed by atoms with van der Waals surface area (Å²) in [4.78, 5) is 15.2. The molecule has 1 amide bonds. The molecule has 1 aliphatic rings. The van der Waals surface area contributed by atoms with E-state index in [1.54, 1.807) is 7.11 Å². The van der Waals surface area contributed by atoms with E-state index in [1.807, 2.05) is 6.92 Å². The molecule has 8 heteroatoms. The van der Waals surface area contributed by atoms with Crippen molar-refractivity contribution < 1.29 is 9.53 Å². The van der Waals surface area contributed by atoms with Gasteiger partial charge in [0.25, 0.3) is 5.91 Å². The van der Waals surface area contributed by atoms with E-state index in [9.17, 15) is 4.79 Å². The van der Waals surface area contributed by atoms with Crippen LogP contribution in [0, 0.1) is 6.92 Å². The maximum absolute atomic E-state index is 12.3. The lowest BCUT2D eigenvalue weighted by Gasteiger charge is -2.31. The molecule has 0 unspecified atom stereocenters. The maximum atomic E-state index is 12.3. The zero-order valence-corrected chi connectivity index (χ0v) is 14.4. The lowest BCUT2D eigenvalue weighted by Crippen LogP contribution is -2.53. The molecule has 1 aliphatic heterocycles. The highest BCUT2D eigenvalue weighted by molar-refractivity contribution is 9.10. The van der Waals surface area contributed by atoms with Gasteiger partial charge in [0.1, 0.15) is 5.69 Å². The maximum Gasteiger partial charge on any atom is 0.269 e. The molecule has 0 aromatic carbocycles. The zero-order valence-electron chi connectivity index (χ0n) is 11.3. The van der Waals surface area contributed by atoms with Gasteiger partial charge in [-0.15, -0.1) is 12.4 Å². The van der Waals surface area contributed by atoms with Gasteiger partial charge in [-0.25, -0.2) is 0 Å². The molecule has 0 radical (unpaired) electrons. The molecule has 2 rings (SSSR count). The van der Waals surface area contributed by atoms with Crippen molar-refractivity contribution in [2.24, 2.45) is 0 Å². The van der Waals surface area contributed by atoms with E-state index in [2.05, 4.69) is 31.5 Å². The molecule has 0 bridgehead atoms. The number of aryl methyl sites for hydroxylation is 1. The van der Waals surface area contributed by atoms with E-state index in [4.69, 9.17) is 16.3 Å². The largest absolute Gasteiger partial charge is 0.378 e. The van der Waals surface area contributed by atoms with Gasteiger partial charge >= 0.3 is 0 Å². The third-order valence-electron chi connectivity index (χ3n) is 3.33. The molecule has 3 N–H and O–H groups in total. The van der Waals surface area contributed by atoms with Gasteiger partial charge in [0, 0.05) is 19.3 Å². The van der Waals surface area contributed by atoms with Gasteiger partial charge < -0.3 is 20.4 Å². The van der Waals surface area contributed by atoms with Gasteiger partial charge in [0.2, 0.25) is 0 Å². The first-order valence-corrected chi connectivity index (χ1v) is 7.29. The van der Waals surface area contributed by atoms with Gasteiger partial charge in [-0.3, -0.25) is 4.79 Å². The highest BCUT2D eigenvalue weighted by atomic mass is 79.9. The van der Waals surface area contributed by atoms with Crippen LogP contribution in [0.3, 0.4) is 0 Å². The molecular weight excluding hydrogens is 369 g/mol. The van der Waals surface area contributed by atoms with Crippen molar-refractivity contribution in [2.75, 3.05) is 20.2 Å². The monoisotopic (exact) mass is 385 g/mol. The van der Waals surface area contributed by atoms with Crippen LogP contribution < -0.4 is 10.6 Å². The van der Waals surface area contributed by atoms with E-state index in [0.29, 0.717) is 15.2 Å². The quantitative estimate of drug-likeness (QED) is 0.746. The first kappa shape index (κ1) is 17.8. The molecule has 20 heavy (non-hydrogen) atoms. The average Bonchev–Trinajstić information content (AvgIpc) is 2.67. The Hall–Kier alpha value is -0.270. The van der Waals surface area contributed by atoms with Gasteiger partial charge in [-0.1, -0.05) is 11.6 Å². The predicted molar refractivity (Wildman–Crippen MR) is 85.0 cm³/mol. The number of aromatic amines is 1. The number of piperidine rings is 1. The SMILES string of the molecule is CO[C@@H]1CNCC[C@H]1NC(=O)c1[nH]c(C)c(Cl)c1Br.Cl. The van der Waals surface area contributed by atoms with Crippen LogP contribution in [-0.4, -0.2) is 43.2 Å². The number of rotatable bonds is 3. The van der Waals surface area contributed by atoms with Crippen LogP contribution >= 0.6 is 39.9 Å². The summed E-state index contributed by atoms with van der Waals surface area (Å²) in [5.74, 6) is -0.171. The minimum atomic E-state index is -0.171. The Morgan fingerprint density at radius 3 is 2.80 bits per heavy atom. The number of aromatic nitrogens is 1. The summed E-state index contributed by atoms with van der Waals surface area (Å²) >= 11 is 9.38. The predicted octanol–water partition coefficient (Wildman–Crippen LogP) is 2.27. The van der Waals surface area contributed by atoms with Crippen LogP contribution in [0.1, 0.15) is 22.6 Å². The minimum absolute atomic E-state index is 0. The third-order valence-corrected chi connectivity index (χ3v) is 4.82. The lowest BCUT2D eigenvalue weighted by atomic mass is 10.0.